The maximum absolute atomic E-state index is 12.4. The molecule has 0 spiro atoms. The van der Waals surface area contributed by atoms with E-state index in [1.165, 1.54) is 18.2 Å². The van der Waals surface area contributed by atoms with Crippen LogP contribution in [0.3, 0.4) is 0 Å². The number of carbonyl (C=O) groups excluding carboxylic acids is 1. The summed E-state index contributed by atoms with van der Waals surface area (Å²) in [5, 5.41) is 11.5. The fraction of sp³-hybridized carbons (Fsp3) is 0.417. The number of carbonyl (C=O) groups is 1. The molecule has 0 fully saturated rings. The van der Waals surface area contributed by atoms with E-state index in [1.54, 1.807) is 0 Å². The Hall–Kier alpha value is -1.96. The lowest BCUT2D eigenvalue weighted by atomic mass is 10.0. The Kier molecular flexibility index (Phi) is 3.51. The molecule has 0 saturated heterocycles. The summed E-state index contributed by atoms with van der Waals surface area (Å²) in [7, 11) is 0. The first-order valence-corrected chi connectivity index (χ1v) is 5.68. The Morgan fingerprint density at radius 2 is 2.00 bits per heavy atom. The van der Waals surface area contributed by atoms with Crippen molar-refractivity contribution in [2.75, 3.05) is 12.1 Å². The van der Waals surface area contributed by atoms with Gasteiger partial charge in [-0.1, -0.05) is 0 Å². The van der Waals surface area contributed by atoms with Crippen LogP contribution in [-0.2, 0) is 4.79 Å². The minimum Gasteiger partial charge on any atom is -0.454 e. The van der Waals surface area contributed by atoms with Gasteiger partial charge in [-0.25, -0.2) is 0 Å². The summed E-state index contributed by atoms with van der Waals surface area (Å²) in [5.41, 5.74) is -2.81. The van der Waals surface area contributed by atoms with Gasteiger partial charge in [0.25, 0.3) is 0 Å². The Morgan fingerprint density at radius 3 is 2.65 bits per heavy atom. The monoisotopic (exact) mass is 291 g/mol. The topological polar surface area (TPSA) is 67.8 Å². The number of aliphatic hydroxyl groups is 1. The van der Waals surface area contributed by atoms with Crippen LogP contribution in [0, 0.1) is 0 Å². The minimum absolute atomic E-state index is 0.0511. The first-order chi connectivity index (χ1) is 9.19. The highest BCUT2D eigenvalue weighted by molar-refractivity contribution is 5.91. The second-order valence-electron chi connectivity index (χ2n) is 4.56. The third-order valence-corrected chi connectivity index (χ3v) is 2.77. The first kappa shape index (κ1) is 14.4. The number of hydrogen-bond acceptors (Lipinski definition) is 4. The predicted octanol–water partition coefficient (Wildman–Crippen LogP) is 2.06. The van der Waals surface area contributed by atoms with Crippen molar-refractivity contribution in [1.29, 1.82) is 0 Å². The van der Waals surface area contributed by atoms with Gasteiger partial charge in [-0.2, -0.15) is 13.2 Å². The molecule has 1 aliphatic rings. The van der Waals surface area contributed by atoms with E-state index < -0.39 is 24.1 Å². The van der Waals surface area contributed by atoms with Crippen LogP contribution in [0.25, 0.3) is 0 Å². The van der Waals surface area contributed by atoms with Crippen molar-refractivity contribution in [3.05, 3.63) is 18.2 Å². The zero-order valence-corrected chi connectivity index (χ0v) is 10.5. The van der Waals surface area contributed by atoms with Gasteiger partial charge in [0.15, 0.2) is 17.1 Å². The Balaban J connectivity index is 2.02. The summed E-state index contributed by atoms with van der Waals surface area (Å²) >= 11 is 0. The van der Waals surface area contributed by atoms with E-state index in [4.69, 9.17) is 9.47 Å². The number of rotatable bonds is 3. The molecule has 8 heteroatoms. The van der Waals surface area contributed by atoms with Crippen LogP contribution in [0.2, 0.25) is 0 Å². The molecule has 1 amide bonds. The molecule has 1 aliphatic heterocycles. The molecule has 0 bridgehead atoms. The first-order valence-electron chi connectivity index (χ1n) is 5.68. The van der Waals surface area contributed by atoms with Gasteiger partial charge in [-0.05, 0) is 19.1 Å². The van der Waals surface area contributed by atoms with E-state index in [1.807, 2.05) is 0 Å². The molecule has 0 unspecified atom stereocenters. The number of nitrogens with one attached hydrogen (secondary N) is 1. The molecule has 1 aromatic carbocycles. The highest BCUT2D eigenvalue weighted by Gasteiger charge is 2.50. The Morgan fingerprint density at radius 1 is 1.35 bits per heavy atom. The van der Waals surface area contributed by atoms with E-state index in [0.717, 1.165) is 0 Å². The van der Waals surface area contributed by atoms with Gasteiger partial charge in [-0.15, -0.1) is 0 Å². The molecule has 1 aromatic rings. The van der Waals surface area contributed by atoms with Gasteiger partial charge in [0.1, 0.15) is 0 Å². The standard InChI is InChI=1S/C12H12F3NO4/c1-11(18,12(13,14)15)5-10(17)16-7-2-3-8-9(4-7)20-6-19-8/h2-4,18H,5-6H2,1H3,(H,16,17)/t11-/m1/s1. The predicted molar refractivity (Wildman–Crippen MR) is 62.5 cm³/mol. The van der Waals surface area contributed by atoms with Crippen molar-refractivity contribution in [2.45, 2.75) is 25.1 Å². The highest BCUT2D eigenvalue weighted by Crippen LogP contribution is 2.35. The third-order valence-electron chi connectivity index (χ3n) is 2.77. The van der Waals surface area contributed by atoms with E-state index in [9.17, 15) is 23.1 Å². The van der Waals surface area contributed by atoms with Gasteiger partial charge in [0.2, 0.25) is 12.7 Å². The molecule has 0 radical (unpaired) electrons. The van der Waals surface area contributed by atoms with Crippen molar-refractivity contribution in [3.63, 3.8) is 0 Å². The molecule has 5 nitrogen and oxygen atoms in total. The van der Waals surface area contributed by atoms with E-state index in [-0.39, 0.29) is 12.5 Å². The van der Waals surface area contributed by atoms with Crippen LogP contribution in [0.5, 0.6) is 11.5 Å². The van der Waals surface area contributed by atoms with Crippen LogP contribution in [0.15, 0.2) is 18.2 Å². The summed E-state index contributed by atoms with van der Waals surface area (Å²) in [6.07, 6.45) is -5.97. The molecular formula is C12H12F3NO4. The number of ether oxygens (including phenoxy) is 2. The number of alkyl halides is 3. The Labute approximate surface area is 112 Å². The summed E-state index contributed by atoms with van der Waals surface area (Å²) in [4.78, 5) is 11.5. The lowest BCUT2D eigenvalue weighted by Crippen LogP contribution is -2.44. The van der Waals surface area contributed by atoms with Crippen LogP contribution in [-0.4, -0.2) is 29.6 Å². The molecule has 1 heterocycles. The zero-order valence-electron chi connectivity index (χ0n) is 10.5. The van der Waals surface area contributed by atoms with Gasteiger partial charge >= 0.3 is 6.18 Å². The molecule has 0 aliphatic carbocycles. The maximum atomic E-state index is 12.4. The van der Waals surface area contributed by atoms with Crippen LogP contribution in [0.4, 0.5) is 18.9 Å². The number of benzene rings is 1. The van der Waals surface area contributed by atoms with Crippen LogP contribution in [0.1, 0.15) is 13.3 Å². The van der Waals surface area contributed by atoms with Crippen molar-refractivity contribution in [2.24, 2.45) is 0 Å². The van der Waals surface area contributed by atoms with Gasteiger partial charge in [0.05, 0.1) is 6.42 Å². The largest absolute Gasteiger partial charge is 0.454 e. The van der Waals surface area contributed by atoms with Gasteiger partial charge in [0, 0.05) is 11.8 Å². The normalized spacial score (nSPS) is 16.6. The molecular weight excluding hydrogens is 279 g/mol. The average Bonchev–Trinajstić information content (AvgIpc) is 2.73. The van der Waals surface area contributed by atoms with Crippen LogP contribution < -0.4 is 14.8 Å². The van der Waals surface area contributed by atoms with Crippen molar-refractivity contribution in [3.8, 4) is 11.5 Å². The second kappa shape index (κ2) is 4.86. The number of hydrogen-bond donors (Lipinski definition) is 2. The molecule has 0 saturated carbocycles. The maximum Gasteiger partial charge on any atom is 0.417 e. The quantitative estimate of drug-likeness (QED) is 0.894. The summed E-state index contributed by atoms with van der Waals surface area (Å²) < 4.78 is 47.5. The molecule has 2 N–H and O–H groups in total. The van der Waals surface area contributed by atoms with Crippen molar-refractivity contribution >= 4 is 11.6 Å². The SMILES string of the molecule is C[C@@](O)(CC(=O)Nc1ccc2c(c1)OCO2)C(F)(F)F. The lowest BCUT2D eigenvalue weighted by Gasteiger charge is -2.25. The summed E-state index contributed by atoms with van der Waals surface area (Å²) in [5.74, 6) is -0.0677. The van der Waals surface area contributed by atoms with Crippen molar-refractivity contribution < 1.29 is 32.5 Å². The third kappa shape index (κ3) is 2.96. The molecule has 20 heavy (non-hydrogen) atoms. The van der Waals surface area contributed by atoms with E-state index in [2.05, 4.69) is 5.32 Å². The summed E-state index contributed by atoms with van der Waals surface area (Å²) in [6, 6.07) is 4.43. The molecule has 1 atom stereocenters. The number of halogens is 3. The number of fused-ring (bicyclic) bond motifs is 1. The molecule has 110 valence electrons. The number of anilines is 1. The molecule has 2 rings (SSSR count). The van der Waals surface area contributed by atoms with E-state index in [0.29, 0.717) is 18.4 Å². The lowest BCUT2D eigenvalue weighted by molar-refractivity contribution is -0.252. The highest BCUT2D eigenvalue weighted by atomic mass is 19.4. The Bertz CT molecular complexity index is 528. The van der Waals surface area contributed by atoms with Crippen molar-refractivity contribution in [1.82, 2.24) is 0 Å². The zero-order chi connectivity index (χ0) is 15.0. The molecule has 0 aromatic heterocycles. The minimum atomic E-state index is -4.88. The van der Waals surface area contributed by atoms with Gasteiger partial charge in [-0.3, -0.25) is 4.79 Å². The average molecular weight is 291 g/mol. The number of amides is 1. The summed E-state index contributed by atoms with van der Waals surface area (Å²) in [6.45, 7) is 0.599. The smallest absolute Gasteiger partial charge is 0.417 e. The second-order valence-corrected chi connectivity index (χ2v) is 4.56. The fourth-order valence-electron chi connectivity index (χ4n) is 1.59. The van der Waals surface area contributed by atoms with Gasteiger partial charge < -0.3 is 19.9 Å². The van der Waals surface area contributed by atoms with Crippen LogP contribution >= 0.6 is 0 Å². The fourth-order valence-corrected chi connectivity index (χ4v) is 1.59. The van der Waals surface area contributed by atoms with E-state index >= 15 is 0 Å².